The molecule has 0 aliphatic carbocycles. The predicted octanol–water partition coefficient (Wildman–Crippen LogP) is 0.554. The van der Waals surface area contributed by atoms with Crippen LogP contribution < -0.4 is 5.11 Å². The Balaban J connectivity index is 3.12. The van der Waals surface area contributed by atoms with E-state index in [-0.39, 0.29) is 12.2 Å². The van der Waals surface area contributed by atoms with Crippen LogP contribution in [0.25, 0.3) is 0 Å². The monoisotopic (exact) mass is 165 g/mol. The van der Waals surface area contributed by atoms with Gasteiger partial charge in [0.25, 0.3) is 0 Å². The third-order valence-corrected chi connectivity index (χ3v) is 1.69. The Morgan fingerprint density at radius 2 is 2.25 bits per heavy atom. The molecule has 12 heavy (non-hydrogen) atoms. The minimum atomic E-state index is -0.954. The SMILES string of the molecule is Cc1cc(C[O-])ccc1C(=O)O. The van der Waals surface area contributed by atoms with Crippen LogP contribution in [0.15, 0.2) is 18.2 Å². The van der Waals surface area contributed by atoms with Crippen molar-refractivity contribution in [1.82, 2.24) is 0 Å². The van der Waals surface area contributed by atoms with Gasteiger partial charge in [0.05, 0.1) is 5.56 Å². The Labute approximate surface area is 70.3 Å². The van der Waals surface area contributed by atoms with Crippen molar-refractivity contribution in [2.24, 2.45) is 0 Å². The molecule has 0 amide bonds. The smallest absolute Gasteiger partial charge is 0.335 e. The zero-order valence-corrected chi connectivity index (χ0v) is 6.70. The van der Waals surface area contributed by atoms with Crippen LogP contribution in [-0.4, -0.2) is 11.1 Å². The van der Waals surface area contributed by atoms with Gasteiger partial charge in [0.1, 0.15) is 0 Å². The molecule has 3 nitrogen and oxygen atoms in total. The molecule has 1 aromatic carbocycles. The molecule has 1 rings (SSSR count). The van der Waals surface area contributed by atoms with Crippen LogP contribution in [0.2, 0.25) is 0 Å². The van der Waals surface area contributed by atoms with E-state index in [9.17, 15) is 9.90 Å². The highest BCUT2D eigenvalue weighted by Crippen LogP contribution is 2.10. The molecule has 1 N–H and O–H groups in total. The van der Waals surface area contributed by atoms with Gasteiger partial charge in [0, 0.05) is 0 Å². The minimum absolute atomic E-state index is 0.257. The molecule has 0 aliphatic heterocycles. The molecule has 0 unspecified atom stereocenters. The molecule has 0 spiro atoms. The molecule has 0 saturated carbocycles. The first-order valence-electron chi connectivity index (χ1n) is 3.56. The number of rotatable bonds is 2. The lowest BCUT2D eigenvalue weighted by atomic mass is 10.1. The number of aromatic carboxylic acids is 1. The van der Waals surface area contributed by atoms with Gasteiger partial charge in [-0.15, -0.1) is 6.61 Å². The summed E-state index contributed by atoms with van der Waals surface area (Å²) in [6, 6.07) is 4.62. The summed E-state index contributed by atoms with van der Waals surface area (Å²) >= 11 is 0. The van der Waals surface area contributed by atoms with Gasteiger partial charge >= 0.3 is 5.97 Å². The lowest BCUT2D eigenvalue weighted by Gasteiger charge is -2.06. The zero-order valence-electron chi connectivity index (χ0n) is 6.70. The Morgan fingerprint density at radius 1 is 1.58 bits per heavy atom. The Kier molecular flexibility index (Phi) is 2.45. The molecule has 0 bridgehead atoms. The van der Waals surface area contributed by atoms with Crippen molar-refractivity contribution in [3.63, 3.8) is 0 Å². The highest BCUT2D eigenvalue weighted by molar-refractivity contribution is 5.89. The van der Waals surface area contributed by atoms with Crippen molar-refractivity contribution in [1.29, 1.82) is 0 Å². The third kappa shape index (κ3) is 1.62. The maximum atomic E-state index is 10.5. The van der Waals surface area contributed by atoms with Gasteiger partial charge in [0.2, 0.25) is 0 Å². The fourth-order valence-electron chi connectivity index (χ4n) is 1.06. The first kappa shape index (κ1) is 8.74. The summed E-state index contributed by atoms with van der Waals surface area (Å²) in [4.78, 5) is 10.5. The predicted molar refractivity (Wildman–Crippen MR) is 41.8 cm³/mol. The summed E-state index contributed by atoms with van der Waals surface area (Å²) < 4.78 is 0. The second kappa shape index (κ2) is 3.36. The lowest BCUT2D eigenvalue weighted by molar-refractivity contribution is -0.386. The van der Waals surface area contributed by atoms with E-state index in [4.69, 9.17) is 5.11 Å². The van der Waals surface area contributed by atoms with E-state index in [1.54, 1.807) is 19.1 Å². The molecule has 0 fully saturated rings. The summed E-state index contributed by atoms with van der Waals surface area (Å²) in [6.07, 6.45) is 0. The van der Waals surface area contributed by atoms with Gasteiger partial charge < -0.3 is 10.2 Å². The second-order valence-corrected chi connectivity index (χ2v) is 2.60. The van der Waals surface area contributed by atoms with E-state index >= 15 is 0 Å². The number of carbonyl (C=O) groups is 1. The molecule has 0 radical (unpaired) electrons. The van der Waals surface area contributed by atoms with E-state index < -0.39 is 5.97 Å². The molecule has 0 aromatic heterocycles. The van der Waals surface area contributed by atoms with Crippen molar-refractivity contribution >= 4 is 5.97 Å². The summed E-state index contributed by atoms with van der Waals surface area (Å²) in [5, 5.41) is 19.1. The molecule has 3 heteroatoms. The van der Waals surface area contributed by atoms with Gasteiger partial charge in [-0.25, -0.2) is 4.79 Å². The van der Waals surface area contributed by atoms with Crippen LogP contribution in [0.5, 0.6) is 0 Å². The van der Waals surface area contributed by atoms with Gasteiger partial charge in [-0.05, 0) is 18.6 Å². The maximum absolute atomic E-state index is 10.5. The fourth-order valence-corrected chi connectivity index (χ4v) is 1.06. The van der Waals surface area contributed by atoms with Crippen molar-refractivity contribution in [3.8, 4) is 0 Å². The van der Waals surface area contributed by atoms with Crippen LogP contribution in [0.1, 0.15) is 21.5 Å². The second-order valence-electron chi connectivity index (χ2n) is 2.60. The Hall–Kier alpha value is -1.35. The van der Waals surface area contributed by atoms with Crippen molar-refractivity contribution in [2.75, 3.05) is 0 Å². The van der Waals surface area contributed by atoms with Crippen LogP contribution in [0, 0.1) is 6.92 Å². The van der Waals surface area contributed by atoms with Gasteiger partial charge in [0.15, 0.2) is 0 Å². The van der Waals surface area contributed by atoms with Crippen LogP contribution in [0.3, 0.4) is 0 Å². The largest absolute Gasteiger partial charge is 0.851 e. The van der Waals surface area contributed by atoms with Gasteiger partial charge in [-0.3, -0.25) is 0 Å². The molecule has 0 heterocycles. The maximum Gasteiger partial charge on any atom is 0.335 e. The average molecular weight is 165 g/mol. The van der Waals surface area contributed by atoms with E-state index in [1.807, 2.05) is 0 Å². The van der Waals surface area contributed by atoms with Crippen molar-refractivity contribution in [2.45, 2.75) is 13.5 Å². The number of hydrogen-bond acceptors (Lipinski definition) is 2. The molecule has 0 atom stereocenters. The number of aryl methyl sites for hydroxylation is 1. The molecule has 0 saturated heterocycles. The number of carboxylic acid groups (broad SMARTS) is 1. The van der Waals surface area contributed by atoms with Crippen molar-refractivity contribution < 1.29 is 15.0 Å². The van der Waals surface area contributed by atoms with E-state index in [2.05, 4.69) is 0 Å². The van der Waals surface area contributed by atoms with Gasteiger partial charge in [-0.1, -0.05) is 17.7 Å². The molecular formula is C9H9O3-. The first-order valence-corrected chi connectivity index (χ1v) is 3.56. The quantitative estimate of drug-likeness (QED) is 0.696. The first-order chi connectivity index (χ1) is 5.65. The van der Waals surface area contributed by atoms with Crippen LogP contribution in [-0.2, 0) is 6.61 Å². The summed E-state index contributed by atoms with van der Waals surface area (Å²) in [7, 11) is 0. The Bertz CT molecular complexity index is 305. The summed E-state index contributed by atoms with van der Waals surface area (Å²) in [6.45, 7) is 1.38. The topological polar surface area (TPSA) is 60.4 Å². The van der Waals surface area contributed by atoms with E-state index in [1.165, 1.54) is 6.07 Å². The Morgan fingerprint density at radius 3 is 2.67 bits per heavy atom. The van der Waals surface area contributed by atoms with E-state index in [0.717, 1.165) is 0 Å². The number of benzene rings is 1. The fraction of sp³-hybridized carbons (Fsp3) is 0.222. The molecule has 0 aliphatic rings. The molecule has 1 aromatic rings. The third-order valence-electron chi connectivity index (χ3n) is 1.69. The number of carboxylic acids is 1. The van der Waals surface area contributed by atoms with Crippen LogP contribution in [0.4, 0.5) is 0 Å². The highest BCUT2D eigenvalue weighted by Gasteiger charge is 2.05. The zero-order chi connectivity index (χ0) is 9.14. The van der Waals surface area contributed by atoms with Crippen molar-refractivity contribution in [3.05, 3.63) is 34.9 Å². The minimum Gasteiger partial charge on any atom is -0.851 e. The average Bonchev–Trinajstić information content (AvgIpc) is 2.03. The summed E-state index contributed by atoms with van der Waals surface area (Å²) in [5.74, 6) is -0.954. The molecule has 64 valence electrons. The lowest BCUT2D eigenvalue weighted by Crippen LogP contribution is -2.05. The summed E-state index contributed by atoms with van der Waals surface area (Å²) in [5.41, 5.74) is 1.51. The van der Waals surface area contributed by atoms with Gasteiger partial charge in [-0.2, -0.15) is 0 Å². The van der Waals surface area contributed by atoms with Crippen LogP contribution >= 0.6 is 0 Å². The van der Waals surface area contributed by atoms with E-state index in [0.29, 0.717) is 11.1 Å². The standard InChI is InChI=1S/C9H9O3/c1-6-4-7(5-10)2-3-8(6)9(11)12/h2-4H,5H2,1H3,(H,11,12)/q-1. The highest BCUT2D eigenvalue weighted by atomic mass is 16.4. The normalized spacial score (nSPS) is 9.83. The molecular weight excluding hydrogens is 156 g/mol. The number of hydrogen-bond donors (Lipinski definition) is 1.